The van der Waals surface area contributed by atoms with Gasteiger partial charge in [0, 0.05) is 17.0 Å². The molecule has 0 saturated heterocycles. The summed E-state index contributed by atoms with van der Waals surface area (Å²) in [6.45, 7) is 1.21. The zero-order valence-corrected chi connectivity index (χ0v) is 10.7. The fourth-order valence-corrected chi connectivity index (χ4v) is 1.73. The van der Waals surface area contributed by atoms with E-state index in [2.05, 4.69) is 10.3 Å². The summed E-state index contributed by atoms with van der Waals surface area (Å²) in [7, 11) is 0. The second-order valence-electron chi connectivity index (χ2n) is 4.27. The number of carbonyl (C=O) groups is 2. The number of nitrogens with zero attached hydrogens (tertiary/aromatic N) is 1. The molecule has 21 heavy (non-hydrogen) atoms. The molecule has 0 aliphatic carbocycles. The maximum atomic E-state index is 13.6. The van der Waals surface area contributed by atoms with E-state index in [1.54, 1.807) is 0 Å². The highest BCUT2D eigenvalue weighted by Crippen LogP contribution is 2.24. The first kappa shape index (κ1) is 14.8. The van der Waals surface area contributed by atoms with Gasteiger partial charge in [0.1, 0.15) is 11.7 Å². The van der Waals surface area contributed by atoms with E-state index in [1.807, 2.05) is 0 Å². The molecule has 0 aliphatic heterocycles. The average molecular weight is 298 g/mol. The quantitative estimate of drug-likeness (QED) is 0.848. The van der Waals surface area contributed by atoms with Gasteiger partial charge in [-0.25, -0.2) is 13.2 Å². The highest BCUT2D eigenvalue weighted by molar-refractivity contribution is 6.06. The van der Waals surface area contributed by atoms with Crippen molar-refractivity contribution in [3.05, 3.63) is 41.5 Å². The molecule has 0 bridgehead atoms. The van der Waals surface area contributed by atoms with Gasteiger partial charge in [0.05, 0.1) is 0 Å². The standard InChI is InChI=1S/C13H9F3N2O3/c1-5(13(20)21)18-12(19)11-7-4-8(14)10(16)9(15)6(7)2-3-17-11/h2-5H,1H3,(H,18,19)(H,20,21). The van der Waals surface area contributed by atoms with E-state index >= 15 is 0 Å². The van der Waals surface area contributed by atoms with Crippen molar-refractivity contribution in [1.29, 1.82) is 0 Å². The molecule has 0 spiro atoms. The highest BCUT2D eigenvalue weighted by atomic mass is 19.2. The summed E-state index contributed by atoms with van der Waals surface area (Å²) in [6.07, 6.45) is 1.04. The first-order valence-electron chi connectivity index (χ1n) is 5.78. The Kier molecular flexibility index (Phi) is 3.79. The average Bonchev–Trinajstić information content (AvgIpc) is 2.44. The molecule has 1 amide bonds. The number of carbonyl (C=O) groups excluding carboxylic acids is 1. The first-order valence-corrected chi connectivity index (χ1v) is 5.78. The van der Waals surface area contributed by atoms with Crippen LogP contribution in [0.5, 0.6) is 0 Å². The van der Waals surface area contributed by atoms with Crippen molar-refractivity contribution in [2.24, 2.45) is 0 Å². The zero-order chi connectivity index (χ0) is 15.7. The number of aliphatic carboxylic acids is 1. The number of nitrogens with one attached hydrogen (secondary N) is 1. The lowest BCUT2D eigenvalue weighted by Crippen LogP contribution is -2.38. The highest BCUT2D eigenvalue weighted by Gasteiger charge is 2.21. The second kappa shape index (κ2) is 5.39. The van der Waals surface area contributed by atoms with E-state index in [9.17, 15) is 22.8 Å². The van der Waals surface area contributed by atoms with Crippen LogP contribution >= 0.6 is 0 Å². The predicted octanol–water partition coefficient (Wildman–Crippen LogP) is 1.86. The summed E-state index contributed by atoms with van der Waals surface area (Å²) in [5, 5.41) is 10.2. The largest absolute Gasteiger partial charge is 0.480 e. The summed E-state index contributed by atoms with van der Waals surface area (Å²) >= 11 is 0. The summed E-state index contributed by atoms with van der Waals surface area (Å²) in [5.41, 5.74) is -0.390. The predicted molar refractivity (Wildman–Crippen MR) is 66.2 cm³/mol. The number of hydrogen-bond acceptors (Lipinski definition) is 3. The Morgan fingerprint density at radius 2 is 1.90 bits per heavy atom. The third-order valence-corrected chi connectivity index (χ3v) is 2.83. The molecule has 1 atom stereocenters. The summed E-state index contributed by atoms with van der Waals surface area (Å²) in [6, 6.07) is 0.510. The number of amides is 1. The van der Waals surface area contributed by atoms with Crippen LogP contribution in [0.1, 0.15) is 17.4 Å². The molecule has 1 aromatic carbocycles. The van der Waals surface area contributed by atoms with E-state index in [1.165, 1.54) is 6.92 Å². The van der Waals surface area contributed by atoms with Crippen molar-refractivity contribution in [2.45, 2.75) is 13.0 Å². The number of rotatable bonds is 3. The van der Waals surface area contributed by atoms with Crippen LogP contribution in [-0.4, -0.2) is 28.0 Å². The Labute approximate surface area is 116 Å². The van der Waals surface area contributed by atoms with Crippen molar-refractivity contribution in [3.63, 3.8) is 0 Å². The molecule has 0 saturated carbocycles. The topological polar surface area (TPSA) is 79.3 Å². The van der Waals surface area contributed by atoms with Gasteiger partial charge in [0.2, 0.25) is 0 Å². The molecular formula is C13H9F3N2O3. The van der Waals surface area contributed by atoms with E-state index in [0.29, 0.717) is 6.07 Å². The SMILES string of the molecule is CC(NC(=O)c1nccc2c(F)c(F)c(F)cc12)C(=O)O. The van der Waals surface area contributed by atoms with Crippen LogP contribution in [0.2, 0.25) is 0 Å². The van der Waals surface area contributed by atoms with Crippen molar-refractivity contribution in [2.75, 3.05) is 0 Å². The van der Waals surface area contributed by atoms with Crippen molar-refractivity contribution in [3.8, 4) is 0 Å². The molecule has 0 fully saturated rings. The minimum Gasteiger partial charge on any atom is -0.480 e. The number of aromatic nitrogens is 1. The monoisotopic (exact) mass is 298 g/mol. The molecular weight excluding hydrogens is 289 g/mol. The van der Waals surface area contributed by atoms with Gasteiger partial charge in [0.15, 0.2) is 17.5 Å². The van der Waals surface area contributed by atoms with Crippen LogP contribution in [-0.2, 0) is 4.79 Å². The molecule has 8 heteroatoms. The lowest BCUT2D eigenvalue weighted by Gasteiger charge is -2.11. The van der Waals surface area contributed by atoms with E-state index in [4.69, 9.17) is 5.11 Å². The Morgan fingerprint density at radius 3 is 2.52 bits per heavy atom. The Hall–Kier alpha value is -2.64. The number of benzene rings is 1. The van der Waals surface area contributed by atoms with Crippen molar-refractivity contribution >= 4 is 22.6 Å². The summed E-state index contributed by atoms with van der Waals surface area (Å²) < 4.78 is 40.1. The van der Waals surface area contributed by atoms with Crippen LogP contribution in [0.3, 0.4) is 0 Å². The Balaban J connectivity index is 2.55. The van der Waals surface area contributed by atoms with E-state index in [0.717, 1.165) is 12.3 Å². The van der Waals surface area contributed by atoms with Gasteiger partial charge >= 0.3 is 5.97 Å². The molecule has 2 rings (SSSR count). The third-order valence-electron chi connectivity index (χ3n) is 2.83. The van der Waals surface area contributed by atoms with Gasteiger partial charge in [-0.15, -0.1) is 0 Å². The van der Waals surface area contributed by atoms with Crippen LogP contribution in [0.25, 0.3) is 10.8 Å². The Bertz CT molecular complexity index is 749. The number of halogens is 3. The van der Waals surface area contributed by atoms with E-state index < -0.39 is 41.1 Å². The van der Waals surface area contributed by atoms with Crippen molar-refractivity contribution < 1.29 is 27.9 Å². The van der Waals surface area contributed by atoms with Crippen molar-refractivity contribution in [1.82, 2.24) is 10.3 Å². The van der Waals surface area contributed by atoms with Crippen LogP contribution in [0, 0.1) is 17.5 Å². The molecule has 2 N–H and O–H groups in total. The first-order chi connectivity index (χ1) is 9.82. The number of fused-ring (bicyclic) bond motifs is 1. The molecule has 2 aromatic rings. The third kappa shape index (κ3) is 2.64. The molecule has 0 aliphatic rings. The molecule has 1 aromatic heterocycles. The van der Waals surface area contributed by atoms with Gasteiger partial charge in [-0.2, -0.15) is 0 Å². The number of hydrogen-bond donors (Lipinski definition) is 2. The molecule has 1 heterocycles. The minimum absolute atomic E-state index is 0.246. The summed E-state index contributed by atoms with van der Waals surface area (Å²) in [4.78, 5) is 26.3. The molecule has 5 nitrogen and oxygen atoms in total. The Morgan fingerprint density at radius 1 is 1.24 bits per heavy atom. The second-order valence-corrected chi connectivity index (χ2v) is 4.27. The summed E-state index contributed by atoms with van der Waals surface area (Å²) in [5.74, 6) is -6.77. The maximum Gasteiger partial charge on any atom is 0.325 e. The van der Waals surface area contributed by atoms with Gasteiger partial charge in [0.25, 0.3) is 5.91 Å². The number of carboxylic acid groups (broad SMARTS) is 1. The number of pyridine rings is 1. The smallest absolute Gasteiger partial charge is 0.325 e. The van der Waals surface area contributed by atoms with Gasteiger partial charge in [-0.3, -0.25) is 14.6 Å². The maximum absolute atomic E-state index is 13.6. The van der Waals surface area contributed by atoms with Crippen LogP contribution in [0.15, 0.2) is 18.3 Å². The van der Waals surface area contributed by atoms with Gasteiger partial charge < -0.3 is 10.4 Å². The van der Waals surface area contributed by atoms with Gasteiger partial charge in [-0.1, -0.05) is 0 Å². The van der Waals surface area contributed by atoms with Gasteiger partial charge in [-0.05, 0) is 19.1 Å². The lowest BCUT2D eigenvalue weighted by atomic mass is 10.1. The van der Waals surface area contributed by atoms with Crippen LogP contribution < -0.4 is 5.32 Å². The number of carboxylic acids is 1. The minimum atomic E-state index is -1.65. The lowest BCUT2D eigenvalue weighted by molar-refractivity contribution is -0.138. The fourth-order valence-electron chi connectivity index (χ4n) is 1.73. The zero-order valence-electron chi connectivity index (χ0n) is 10.7. The molecule has 0 radical (unpaired) electrons. The van der Waals surface area contributed by atoms with Crippen LogP contribution in [0.4, 0.5) is 13.2 Å². The fraction of sp³-hybridized carbons (Fsp3) is 0.154. The molecule has 1 unspecified atom stereocenters. The normalized spacial score (nSPS) is 12.2. The molecule has 110 valence electrons. The van der Waals surface area contributed by atoms with E-state index in [-0.39, 0.29) is 10.8 Å².